The van der Waals surface area contributed by atoms with Crippen LogP contribution >= 0.6 is 0 Å². The highest BCUT2D eigenvalue weighted by Gasteiger charge is 2.54. The molecule has 2 fully saturated rings. The monoisotopic (exact) mass is 491 g/mol. The van der Waals surface area contributed by atoms with Gasteiger partial charge >= 0.3 is 0 Å². The highest BCUT2D eigenvalue weighted by Crippen LogP contribution is 2.41. The summed E-state index contributed by atoms with van der Waals surface area (Å²) in [5.41, 5.74) is 1.24. The fourth-order valence-corrected chi connectivity index (χ4v) is 5.27. The number of imide groups is 1. The normalized spacial score (nSPS) is 21.7. The highest BCUT2D eigenvalue weighted by molar-refractivity contribution is 6.11. The lowest BCUT2D eigenvalue weighted by Gasteiger charge is -2.32. The molecular formula is C28H33N3O5. The molecule has 2 atom stereocenters. The minimum Gasteiger partial charge on any atom is -0.383 e. The third-order valence-electron chi connectivity index (χ3n) is 7.14. The Bertz CT molecular complexity index is 1140. The summed E-state index contributed by atoms with van der Waals surface area (Å²) in [7, 11) is 1.52. The molecule has 2 aromatic carbocycles. The number of nitrogens with one attached hydrogen (secondary N) is 1. The van der Waals surface area contributed by atoms with Crippen LogP contribution in [0.5, 0.6) is 0 Å². The molecule has 190 valence electrons. The summed E-state index contributed by atoms with van der Waals surface area (Å²) < 4.78 is 5.11. The molecule has 4 rings (SSSR count). The summed E-state index contributed by atoms with van der Waals surface area (Å²) >= 11 is 0. The van der Waals surface area contributed by atoms with Gasteiger partial charge in [-0.25, -0.2) is 0 Å². The summed E-state index contributed by atoms with van der Waals surface area (Å²) in [6.07, 6.45) is 0.903. The van der Waals surface area contributed by atoms with Crippen molar-refractivity contribution in [1.82, 2.24) is 15.1 Å². The van der Waals surface area contributed by atoms with E-state index < -0.39 is 5.41 Å². The maximum Gasteiger partial charge on any atom is 0.240 e. The zero-order valence-corrected chi connectivity index (χ0v) is 20.9. The quantitative estimate of drug-likeness (QED) is 0.515. The number of benzene rings is 2. The molecular weight excluding hydrogens is 458 g/mol. The van der Waals surface area contributed by atoms with E-state index in [-0.39, 0.29) is 55.7 Å². The van der Waals surface area contributed by atoms with Crippen LogP contribution in [0.1, 0.15) is 42.4 Å². The summed E-state index contributed by atoms with van der Waals surface area (Å²) in [4.78, 5) is 55.5. The Hall–Kier alpha value is -3.52. The van der Waals surface area contributed by atoms with Gasteiger partial charge in [-0.3, -0.25) is 24.1 Å². The summed E-state index contributed by atoms with van der Waals surface area (Å²) in [6.45, 7) is 2.98. The molecule has 2 aliphatic rings. The van der Waals surface area contributed by atoms with E-state index in [4.69, 9.17) is 4.74 Å². The van der Waals surface area contributed by atoms with E-state index in [2.05, 4.69) is 5.32 Å². The molecule has 36 heavy (non-hydrogen) atoms. The Kier molecular flexibility index (Phi) is 7.84. The number of carbonyl (C=O) groups excluding carboxylic acids is 4. The average molecular weight is 492 g/mol. The predicted octanol–water partition coefficient (Wildman–Crippen LogP) is 2.34. The molecule has 2 saturated heterocycles. The fraction of sp³-hybridized carbons (Fsp3) is 0.429. The van der Waals surface area contributed by atoms with Gasteiger partial charge in [-0.05, 0) is 30.0 Å². The number of rotatable bonds is 10. The van der Waals surface area contributed by atoms with Crippen molar-refractivity contribution in [2.75, 3.05) is 26.8 Å². The van der Waals surface area contributed by atoms with Gasteiger partial charge in [-0.1, -0.05) is 54.6 Å². The van der Waals surface area contributed by atoms with Crippen molar-refractivity contribution in [3.8, 4) is 0 Å². The van der Waals surface area contributed by atoms with Crippen LogP contribution in [0, 0.1) is 6.92 Å². The molecule has 0 unspecified atom stereocenters. The number of carbonyl (C=O) groups is 4. The standard InChI is InChI=1S/C28H33N3O5/c1-20-8-6-7-11-23(20)28(17-26(34)31(27(28)35)14-15-36-2)16-25(33)30(18-21-9-4-3-5-10-21)19-22-12-13-24(32)29-22/h3-11,22H,12-19H2,1-2H3,(H,29,32)/t22-,28+/m0/s1. The van der Waals surface area contributed by atoms with E-state index in [1.807, 2.05) is 61.5 Å². The van der Waals surface area contributed by atoms with E-state index >= 15 is 0 Å². The van der Waals surface area contributed by atoms with Crippen LogP contribution in [-0.4, -0.2) is 66.3 Å². The van der Waals surface area contributed by atoms with E-state index in [9.17, 15) is 19.2 Å². The van der Waals surface area contributed by atoms with Crippen LogP contribution in [-0.2, 0) is 35.9 Å². The lowest BCUT2D eigenvalue weighted by Crippen LogP contribution is -2.47. The van der Waals surface area contributed by atoms with E-state index in [1.165, 1.54) is 12.0 Å². The maximum absolute atomic E-state index is 13.9. The molecule has 0 bridgehead atoms. The van der Waals surface area contributed by atoms with Gasteiger partial charge in [0.15, 0.2) is 0 Å². The smallest absolute Gasteiger partial charge is 0.240 e. The second kappa shape index (κ2) is 11.0. The van der Waals surface area contributed by atoms with Gasteiger partial charge in [-0.2, -0.15) is 0 Å². The minimum atomic E-state index is -1.28. The van der Waals surface area contributed by atoms with Crippen LogP contribution < -0.4 is 5.32 Å². The van der Waals surface area contributed by atoms with Crippen LogP contribution in [0.3, 0.4) is 0 Å². The SMILES string of the molecule is COCCN1C(=O)C[C@](CC(=O)N(Cc2ccccc2)C[C@@H]2CCC(=O)N2)(c2ccccc2C)C1=O. The number of methoxy groups -OCH3 is 1. The zero-order chi connectivity index (χ0) is 25.7. The molecule has 4 amide bonds. The number of amides is 4. The molecule has 2 aromatic rings. The Morgan fingerprint density at radius 1 is 1.11 bits per heavy atom. The number of aryl methyl sites for hydroxylation is 1. The van der Waals surface area contributed by atoms with Crippen molar-refractivity contribution < 1.29 is 23.9 Å². The molecule has 0 spiro atoms. The molecule has 2 aliphatic heterocycles. The topological polar surface area (TPSA) is 96.0 Å². The van der Waals surface area contributed by atoms with Gasteiger partial charge in [0.2, 0.25) is 23.6 Å². The van der Waals surface area contributed by atoms with Gasteiger partial charge < -0.3 is 15.0 Å². The van der Waals surface area contributed by atoms with Crippen LogP contribution in [0.2, 0.25) is 0 Å². The molecule has 0 radical (unpaired) electrons. The summed E-state index contributed by atoms with van der Waals surface area (Å²) in [5.74, 6) is -0.904. The van der Waals surface area contributed by atoms with Gasteiger partial charge in [0.1, 0.15) is 0 Å². The van der Waals surface area contributed by atoms with Gasteiger partial charge in [0, 0.05) is 45.5 Å². The Morgan fingerprint density at radius 3 is 2.50 bits per heavy atom. The number of ether oxygens (including phenoxy) is 1. The first kappa shape index (κ1) is 25.6. The predicted molar refractivity (Wildman–Crippen MR) is 134 cm³/mol. The molecule has 8 heteroatoms. The first-order chi connectivity index (χ1) is 17.3. The van der Waals surface area contributed by atoms with Crippen molar-refractivity contribution in [2.45, 2.75) is 50.6 Å². The maximum atomic E-state index is 13.9. The summed E-state index contributed by atoms with van der Waals surface area (Å²) in [5, 5.41) is 2.94. The highest BCUT2D eigenvalue weighted by atomic mass is 16.5. The number of nitrogens with zero attached hydrogens (tertiary/aromatic N) is 2. The lowest BCUT2D eigenvalue weighted by atomic mass is 9.74. The minimum absolute atomic E-state index is 0.0196. The number of hydrogen-bond donors (Lipinski definition) is 1. The van der Waals surface area contributed by atoms with Gasteiger partial charge in [0.05, 0.1) is 18.6 Å². The lowest BCUT2D eigenvalue weighted by molar-refractivity contribution is -0.143. The molecule has 0 aromatic heterocycles. The van der Waals surface area contributed by atoms with Crippen LogP contribution in [0.15, 0.2) is 54.6 Å². The van der Waals surface area contributed by atoms with Crippen molar-refractivity contribution >= 4 is 23.6 Å². The molecule has 2 heterocycles. The second-order valence-corrected chi connectivity index (χ2v) is 9.66. The van der Waals surface area contributed by atoms with Crippen molar-refractivity contribution in [1.29, 1.82) is 0 Å². The van der Waals surface area contributed by atoms with Crippen LogP contribution in [0.25, 0.3) is 0 Å². The van der Waals surface area contributed by atoms with Crippen molar-refractivity contribution in [2.24, 2.45) is 0 Å². The fourth-order valence-electron chi connectivity index (χ4n) is 5.27. The molecule has 0 aliphatic carbocycles. The molecule has 0 saturated carbocycles. The summed E-state index contributed by atoms with van der Waals surface area (Å²) in [6, 6.07) is 16.9. The Balaban J connectivity index is 1.66. The Labute approximate surface area is 211 Å². The van der Waals surface area contributed by atoms with E-state index in [0.29, 0.717) is 31.5 Å². The van der Waals surface area contributed by atoms with Gasteiger partial charge in [0.25, 0.3) is 0 Å². The molecule has 8 nitrogen and oxygen atoms in total. The zero-order valence-electron chi connectivity index (χ0n) is 20.9. The first-order valence-electron chi connectivity index (χ1n) is 12.3. The third-order valence-corrected chi connectivity index (χ3v) is 7.14. The van der Waals surface area contributed by atoms with Crippen molar-refractivity contribution in [3.63, 3.8) is 0 Å². The molecule has 1 N–H and O–H groups in total. The van der Waals surface area contributed by atoms with Crippen LogP contribution in [0.4, 0.5) is 0 Å². The average Bonchev–Trinajstić information content (AvgIpc) is 3.38. The third kappa shape index (κ3) is 5.33. The first-order valence-corrected chi connectivity index (χ1v) is 12.3. The van der Waals surface area contributed by atoms with E-state index in [0.717, 1.165) is 11.1 Å². The number of hydrogen-bond acceptors (Lipinski definition) is 5. The van der Waals surface area contributed by atoms with Crippen molar-refractivity contribution in [3.05, 3.63) is 71.3 Å². The Morgan fingerprint density at radius 2 is 1.83 bits per heavy atom. The van der Waals surface area contributed by atoms with E-state index in [1.54, 1.807) is 4.90 Å². The van der Waals surface area contributed by atoms with Gasteiger partial charge in [-0.15, -0.1) is 0 Å². The second-order valence-electron chi connectivity index (χ2n) is 9.66. The largest absolute Gasteiger partial charge is 0.383 e. The number of likely N-dealkylation sites (tertiary alicyclic amines) is 1.